The Morgan fingerprint density at radius 1 is 1.12 bits per heavy atom. The van der Waals surface area contributed by atoms with Crippen LogP contribution in [0.3, 0.4) is 0 Å². The summed E-state index contributed by atoms with van der Waals surface area (Å²) in [5.41, 5.74) is 0. The highest BCUT2D eigenvalue weighted by Gasteiger charge is 2.32. The van der Waals surface area contributed by atoms with E-state index in [4.69, 9.17) is 4.74 Å². The van der Waals surface area contributed by atoms with Gasteiger partial charge in [0.2, 0.25) is 0 Å². The molecule has 2 rings (SSSR count). The first-order valence-electron chi connectivity index (χ1n) is 6.97. The second-order valence-corrected chi connectivity index (χ2v) is 5.13. The van der Waals surface area contributed by atoms with Crippen LogP contribution in [0, 0.1) is 0 Å². The minimum absolute atomic E-state index is 0.556. The van der Waals surface area contributed by atoms with Crippen molar-refractivity contribution >= 4 is 0 Å². The van der Waals surface area contributed by atoms with Gasteiger partial charge < -0.3 is 10.1 Å². The average Bonchev–Trinajstić information content (AvgIpc) is 2.63. The van der Waals surface area contributed by atoms with Crippen molar-refractivity contribution < 1.29 is 4.74 Å². The van der Waals surface area contributed by atoms with Crippen molar-refractivity contribution in [3.8, 4) is 0 Å². The molecule has 0 aromatic rings. The van der Waals surface area contributed by atoms with E-state index in [9.17, 15) is 0 Å². The summed E-state index contributed by atoms with van der Waals surface area (Å²) in [6.07, 6.45) is 7.74. The molecule has 2 aliphatic heterocycles. The van der Waals surface area contributed by atoms with Crippen molar-refractivity contribution in [3.63, 3.8) is 0 Å². The van der Waals surface area contributed by atoms with Gasteiger partial charge in [-0.25, -0.2) is 0 Å². The minimum atomic E-state index is 0.556. The number of rotatable bonds is 7. The number of fused-ring (bicyclic) bond motifs is 2. The monoisotopic (exact) mass is 226 g/mol. The summed E-state index contributed by atoms with van der Waals surface area (Å²) in [5, 5.41) is 3.38. The fourth-order valence-corrected chi connectivity index (χ4v) is 2.82. The van der Waals surface area contributed by atoms with Crippen LogP contribution < -0.4 is 5.32 Å². The Hall–Kier alpha value is -0.120. The second-order valence-electron chi connectivity index (χ2n) is 5.13. The van der Waals surface area contributed by atoms with Crippen LogP contribution in [0.2, 0.25) is 0 Å². The Kier molecular flexibility index (Phi) is 5.07. The lowest BCUT2D eigenvalue weighted by molar-refractivity contribution is -0.0385. The lowest BCUT2D eigenvalue weighted by Gasteiger charge is -2.32. The van der Waals surface area contributed by atoms with E-state index < -0.39 is 0 Å². The first kappa shape index (κ1) is 12.3. The zero-order valence-electron chi connectivity index (χ0n) is 10.6. The van der Waals surface area contributed by atoms with Crippen LogP contribution >= 0.6 is 0 Å². The molecule has 3 nitrogen and oxygen atoms in total. The van der Waals surface area contributed by atoms with Crippen molar-refractivity contribution in [2.24, 2.45) is 0 Å². The Labute approximate surface area is 99.5 Å². The van der Waals surface area contributed by atoms with Gasteiger partial charge in [0.15, 0.2) is 0 Å². The van der Waals surface area contributed by atoms with Crippen LogP contribution in [0.1, 0.15) is 39.0 Å². The van der Waals surface area contributed by atoms with Crippen LogP contribution in [0.4, 0.5) is 0 Å². The second kappa shape index (κ2) is 6.58. The Morgan fingerprint density at radius 2 is 1.88 bits per heavy atom. The molecule has 2 fully saturated rings. The zero-order valence-corrected chi connectivity index (χ0v) is 10.6. The Morgan fingerprint density at radius 3 is 2.56 bits per heavy atom. The molecule has 16 heavy (non-hydrogen) atoms. The van der Waals surface area contributed by atoms with Crippen LogP contribution in [0.5, 0.6) is 0 Å². The summed E-state index contributed by atoms with van der Waals surface area (Å²) in [4.78, 5) is 2.61. The number of hydrogen-bond donors (Lipinski definition) is 1. The van der Waals surface area contributed by atoms with Gasteiger partial charge >= 0.3 is 0 Å². The van der Waals surface area contributed by atoms with Crippen molar-refractivity contribution in [1.29, 1.82) is 0 Å². The van der Waals surface area contributed by atoms with Gasteiger partial charge in [-0.2, -0.15) is 0 Å². The molecular formula is C13H26N2O. The lowest BCUT2D eigenvalue weighted by Crippen LogP contribution is -2.42. The lowest BCUT2D eigenvalue weighted by atomic mass is 10.2. The van der Waals surface area contributed by atoms with E-state index in [1.807, 2.05) is 0 Å². The number of unbranched alkanes of at least 4 members (excludes halogenated alkanes) is 2. The number of ether oxygens (including phenoxy) is 1. The summed E-state index contributed by atoms with van der Waals surface area (Å²) < 4.78 is 5.84. The third-order valence-corrected chi connectivity index (χ3v) is 3.70. The number of hydrogen-bond acceptors (Lipinski definition) is 3. The first-order chi connectivity index (χ1) is 7.88. The molecule has 0 aliphatic carbocycles. The van der Waals surface area contributed by atoms with Gasteiger partial charge in [0.1, 0.15) is 0 Å². The number of nitrogens with zero attached hydrogens (tertiary/aromatic N) is 1. The quantitative estimate of drug-likeness (QED) is 0.668. The maximum absolute atomic E-state index is 5.84. The Balaban J connectivity index is 1.50. The van der Waals surface area contributed by atoms with Gasteiger partial charge in [-0.3, -0.25) is 4.90 Å². The molecule has 0 aromatic carbocycles. The molecule has 0 saturated carbocycles. The van der Waals surface area contributed by atoms with Gasteiger partial charge in [-0.05, 0) is 45.3 Å². The predicted octanol–water partition coefficient (Wildman–Crippen LogP) is 1.63. The standard InChI is InChI=1S/C13H26N2O/c1-2-14-8-4-3-5-9-15-10-12-6-7-13(11-15)16-12/h12-14H,2-11H2,1H3. The van der Waals surface area contributed by atoms with Crippen molar-refractivity contribution in [2.75, 3.05) is 32.7 Å². The van der Waals surface area contributed by atoms with Gasteiger partial charge in [-0.1, -0.05) is 13.3 Å². The molecule has 2 aliphatic rings. The van der Waals surface area contributed by atoms with Gasteiger partial charge in [0.05, 0.1) is 12.2 Å². The van der Waals surface area contributed by atoms with Gasteiger partial charge in [0, 0.05) is 13.1 Å². The third kappa shape index (κ3) is 3.72. The molecule has 2 bridgehead atoms. The van der Waals surface area contributed by atoms with Gasteiger partial charge in [0.25, 0.3) is 0 Å². The van der Waals surface area contributed by atoms with E-state index in [1.54, 1.807) is 0 Å². The highest BCUT2D eigenvalue weighted by molar-refractivity contribution is 4.84. The molecule has 0 spiro atoms. The average molecular weight is 226 g/mol. The highest BCUT2D eigenvalue weighted by Crippen LogP contribution is 2.26. The molecule has 2 unspecified atom stereocenters. The maximum Gasteiger partial charge on any atom is 0.0707 e. The number of nitrogens with one attached hydrogen (secondary N) is 1. The summed E-state index contributed by atoms with van der Waals surface area (Å²) >= 11 is 0. The van der Waals surface area contributed by atoms with Crippen LogP contribution in [0.25, 0.3) is 0 Å². The molecule has 2 saturated heterocycles. The fourth-order valence-electron chi connectivity index (χ4n) is 2.82. The van der Waals surface area contributed by atoms with Crippen molar-refractivity contribution in [2.45, 2.75) is 51.2 Å². The van der Waals surface area contributed by atoms with Crippen LogP contribution in [-0.2, 0) is 4.74 Å². The summed E-state index contributed by atoms with van der Waals surface area (Å²) in [6, 6.07) is 0. The third-order valence-electron chi connectivity index (χ3n) is 3.70. The van der Waals surface area contributed by atoms with Crippen LogP contribution in [-0.4, -0.2) is 49.8 Å². The molecule has 2 atom stereocenters. The molecule has 0 amide bonds. The topological polar surface area (TPSA) is 24.5 Å². The number of likely N-dealkylation sites (tertiary alicyclic amines) is 1. The van der Waals surface area contributed by atoms with E-state index in [-0.39, 0.29) is 0 Å². The molecule has 0 radical (unpaired) electrons. The fraction of sp³-hybridized carbons (Fsp3) is 1.00. The van der Waals surface area contributed by atoms with E-state index in [0.29, 0.717) is 12.2 Å². The Bertz CT molecular complexity index is 186. The highest BCUT2D eigenvalue weighted by atomic mass is 16.5. The SMILES string of the molecule is CCNCCCCCN1CC2CCC(C1)O2. The van der Waals surface area contributed by atoms with E-state index in [2.05, 4.69) is 17.1 Å². The van der Waals surface area contributed by atoms with E-state index in [1.165, 1.54) is 58.3 Å². The van der Waals surface area contributed by atoms with Crippen molar-refractivity contribution in [1.82, 2.24) is 10.2 Å². The predicted molar refractivity (Wildman–Crippen MR) is 66.7 cm³/mol. The summed E-state index contributed by atoms with van der Waals surface area (Å²) in [6.45, 7) is 8.11. The molecule has 0 aromatic heterocycles. The van der Waals surface area contributed by atoms with E-state index in [0.717, 1.165) is 6.54 Å². The molecule has 1 N–H and O–H groups in total. The van der Waals surface area contributed by atoms with E-state index >= 15 is 0 Å². The first-order valence-corrected chi connectivity index (χ1v) is 6.97. The van der Waals surface area contributed by atoms with Crippen LogP contribution in [0.15, 0.2) is 0 Å². The zero-order chi connectivity index (χ0) is 11.2. The van der Waals surface area contributed by atoms with Gasteiger partial charge in [-0.15, -0.1) is 0 Å². The number of morpholine rings is 1. The maximum atomic E-state index is 5.84. The van der Waals surface area contributed by atoms with Crippen molar-refractivity contribution in [3.05, 3.63) is 0 Å². The summed E-state index contributed by atoms with van der Waals surface area (Å²) in [5.74, 6) is 0. The normalized spacial score (nSPS) is 29.8. The minimum Gasteiger partial charge on any atom is -0.372 e. The molecule has 3 heteroatoms. The largest absolute Gasteiger partial charge is 0.372 e. The molecule has 2 heterocycles. The smallest absolute Gasteiger partial charge is 0.0707 e. The molecular weight excluding hydrogens is 200 g/mol. The molecule has 94 valence electrons. The summed E-state index contributed by atoms with van der Waals surface area (Å²) in [7, 11) is 0.